The lowest BCUT2D eigenvalue weighted by molar-refractivity contribution is -0.265. The Hall–Kier alpha value is -3.87. The van der Waals surface area contributed by atoms with Crippen molar-refractivity contribution in [2.24, 2.45) is 29.6 Å². The second-order valence-corrected chi connectivity index (χ2v) is 21.7. The summed E-state index contributed by atoms with van der Waals surface area (Å²) in [6, 6.07) is -1.32. The van der Waals surface area contributed by atoms with E-state index >= 15 is 0 Å². The Morgan fingerprint density at radius 1 is 0.813 bits per heavy atom. The molecule has 0 aromatic heterocycles. The van der Waals surface area contributed by atoms with Crippen molar-refractivity contribution >= 4 is 29.2 Å². The smallest absolute Gasteiger partial charge is 0.329 e. The highest BCUT2D eigenvalue weighted by Crippen LogP contribution is 2.38. The Morgan fingerprint density at radius 3 is 2.17 bits per heavy atom. The molecule has 0 aromatic rings. The molecule has 5 heterocycles. The summed E-state index contributed by atoms with van der Waals surface area (Å²) < 4.78 is 28.6. The van der Waals surface area contributed by atoms with E-state index in [1.165, 1.54) is 13.5 Å². The van der Waals surface area contributed by atoms with Crippen molar-refractivity contribution in [3.8, 4) is 0 Å². The van der Waals surface area contributed by atoms with Crippen LogP contribution in [-0.2, 0) is 52.5 Å². The summed E-state index contributed by atoms with van der Waals surface area (Å²) in [6.07, 6.45) is 17.9. The summed E-state index contributed by atoms with van der Waals surface area (Å²) in [5.41, 5.74) is 2.14. The fraction of sp³-hybridized carbons (Fsp3) is 0.746. The van der Waals surface area contributed by atoms with Crippen LogP contribution in [0.2, 0.25) is 0 Å². The Kier molecular flexibility index (Phi) is 25.7. The molecule has 75 heavy (non-hydrogen) atoms. The van der Waals surface area contributed by atoms with Gasteiger partial charge in [-0.05, 0) is 127 Å². The van der Waals surface area contributed by atoms with Crippen molar-refractivity contribution in [2.45, 2.75) is 226 Å². The summed E-state index contributed by atoms with van der Waals surface area (Å²) in [6.45, 7) is 18.7. The molecule has 0 aromatic carbocycles. The van der Waals surface area contributed by atoms with Crippen LogP contribution in [-0.4, -0.2) is 149 Å². The summed E-state index contributed by atoms with van der Waals surface area (Å²) >= 11 is 0. The van der Waals surface area contributed by atoms with E-state index in [1.54, 1.807) is 48.0 Å². The van der Waals surface area contributed by atoms with Gasteiger partial charge in [0.1, 0.15) is 36.2 Å². The average molecular weight is 1060 g/mol. The number of Topliss-reactive ketones (excluding diaryl/α,β-unsaturated/α-hetero) is 3. The zero-order valence-corrected chi connectivity index (χ0v) is 47.5. The molecule has 424 valence electrons. The van der Waals surface area contributed by atoms with Crippen molar-refractivity contribution in [1.29, 1.82) is 0 Å². The predicted molar refractivity (Wildman–Crippen MR) is 286 cm³/mol. The van der Waals surface area contributed by atoms with Crippen LogP contribution in [0.4, 0.5) is 0 Å². The third-order valence-corrected chi connectivity index (χ3v) is 16.1. The third-order valence-electron chi connectivity index (χ3n) is 16.1. The molecule has 7 rings (SSSR count). The second-order valence-electron chi connectivity index (χ2n) is 21.7. The number of aliphatic hydroxyl groups is 3. The lowest BCUT2D eigenvalue weighted by Crippen LogP contribution is -2.60. The number of fused-ring (bicyclic) bond motifs is 16. The van der Waals surface area contributed by atoms with Crippen LogP contribution < -0.4 is 0 Å². The summed E-state index contributed by atoms with van der Waals surface area (Å²) in [4.78, 5) is 76.8. The maximum Gasteiger partial charge on any atom is 0.329 e. The van der Waals surface area contributed by atoms with Crippen LogP contribution in [0.3, 0.4) is 0 Å². The van der Waals surface area contributed by atoms with Gasteiger partial charge < -0.3 is 43.9 Å². The van der Waals surface area contributed by atoms with Gasteiger partial charge in [-0.25, -0.2) is 9.86 Å². The maximum absolute atomic E-state index is 14.0. The number of ether oxygens (including phenoxy) is 5. The lowest BCUT2D eigenvalue weighted by atomic mass is 9.84. The van der Waals surface area contributed by atoms with E-state index in [0.29, 0.717) is 37.7 Å². The van der Waals surface area contributed by atoms with E-state index in [0.717, 1.165) is 54.2 Å². The number of hydroxylamine groups is 2. The quantitative estimate of drug-likeness (QED) is 0.135. The Labute approximate surface area is 448 Å². The molecule has 0 spiro atoms. The van der Waals surface area contributed by atoms with Gasteiger partial charge in [0.15, 0.2) is 5.78 Å². The van der Waals surface area contributed by atoms with E-state index in [2.05, 4.69) is 32.1 Å². The number of rotatable bonds is 5. The van der Waals surface area contributed by atoms with E-state index < -0.39 is 83.9 Å². The number of esters is 1. The van der Waals surface area contributed by atoms with Gasteiger partial charge >= 0.3 is 5.97 Å². The standard InChI is InChI=1S/C48H70N2O12.C9H18O2.C2H6/c1-28-23-31(4)42(52)44(59-9)43(53)32(5)24-29(2)40(51)26-34(7)60-47(56)39-17-13-14-22-49(39)46(55)45(54)48(57)33(6)18-19-36(61-48)27-41(58-8)30(3)25-37-20-21-38(28)50(62-37)35-15-11-10-12-16-35;1-3-7-4-5-8(10)9(6-7)11-2;1-2/h11,15-16,20-21,24-25,28-29,31,33-34,36-39,41,43-44,53,57H,10,12-14,17-19,22-23,26-27H2,1-9H3;7-10H,3-6H2,1-2H3;1-2H3/b30-25+,32-24+;;. The van der Waals surface area contributed by atoms with Gasteiger partial charge in [-0.3, -0.25) is 24.0 Å². The van der Waals surface area contributed by atoms with E-state index in [1.807, 2.05) is 51.0 Å². The van der Waals surface area contributed by atoms with Crippen LogP contribution in [0.25, 0.3) is 0 Å². The number of aliphatic hydroxyl groups excluding tert-OH is 2. The van der Waals surface area contributed by atoms with Crippen LogP contribution in [0.15, 0.2) is 59.4 Å². The number of ketones is 3. The fourth-order valence-electron chi connectivity index (χ4n) is 11.2. The first-order valence-corrected chi connectivity index (χ1v) is 28.0. The molecule has 7 aliphatic rings. The van der Waals surface area contributed by atoms with Gasteiger partial charge in [-0.15, -0.1) is 0 Å². The zero-order chi connectivity index (χ0) is 55.7. The highest BCUT2D eigenvalue weighted by molar-refractivity contribution is 6.39. The molecular weight excluding hydrogens is 961 g/mol. The molecule has 2 saturated heterocycles. The van der Waals surface area contributed by atoms with Crippen molar-refractivity contribution in [3.63, 3.8) is 0 Å². The number of carbonyl (C=O) groups excluding carboxylic acids is 5. The molecule has 16 unspecified atom stereocenters. The number of allylic oxidation sites excluding steroid dienone is 4. The molecule has 2 aliphatic carbocycles. The van der Waals surface area contributed by atoms with Crippen LogP contribution in [0, 0.1) is 29.6 Å². The SMILES string of the molecule is CC.CCC1CCC(O)C(OC)C1.COC1CC2CCC(C)C(O)(O2)C(=O)C(=O)N2CCCCC2C(=O)OC(C)CC(=O)C(C)/C=C(\C)C(O)C(OC)C(=O)C(C)CC(C)C2C=CC(/C=C/1C)ON2C1=CCCC=C1. The first-order chi connectivity index (χ1) is 35.7. The number of piperidine rings is 1. The molecule has 3 fully saturated rings. The topological polar surface area (TPSA) is 208 Å². The molecule has 16 heteroatoms. The van der Waals surface area contributed by atoms with Gasteiger partial charge in [0.25, 0.3) is 11.7 Å². The van der Waals surface area contributed by atoms with Crippen LogP contribution in [0.1, 0.15) is 159 Å². The van der Waals surface area contributed by atoms with Gasteiger partial charge in [0.05, 0.1) is 36.2 Å². The number of hydrogen-bond donors (Lipinski definition) is 3. The largest absolute Gasteiger partial charge is 0.461 e. The third kappa shape index (κ3) is 16.8. The van der Waals surface area contributed by atoms with Gasteiger partial charge in [0, 0.05) is 58.5 Å². The minimum atomic E-state index is -2.42. The maximum atomic E-state index is 14.0. The molecule has 4 bridgehead atoms. The van der Waals surface area contributed by atoms with E-state index in [-0.39, 0.29) is 61.5 Å². The second kappa shape index (κ2) is 30.3. The molecule has 1 amide bonds. The van der Waals surface area contributed by atoms with Crippen molar-refractivity contribution in [3.05, 3.63) is 59.4 Å². The average Bonchev–Trinajstić information content (AvgIpc) is 3.41. The number of amides is 1. The highest BCUT2D eigenvalue weighted by Gasteiger charge is 2.53. The number of hydrogen-bond acceptors (Lipinski definition) is 15. The predicted octanol–water partition coefficient (Wildman–Crippen LogP) is 8.26. The Balaban J connectivity index is 0.000000821. The molecule has 1 saturated carbocycles. The Bertz CT molecular complexity index is 2050. The van der Waals surface area contributed by atoms with Gasteiger partial charge in [0.2, 0.25) is 5.79 Å². The minimum Gasteiger partial charge on any atom is -0.461 e. The molecule has 0 radical (unpaired) electrons. The van der Waals surface area contributed by atoms with Crippen molar-refractivity contribution in [2.75, 3.05) is 27.9 Å². The van der Waals surface area contributed by atoms with E-state index in [9.17, 15) is 39.3 Å². The normalized spacial score (nSPS) is 38.6. The number of carbonyl (C=O) groups is 5. The fourth-order valence-corrected chi connectivity index (χ4v) is 11.2. The first-order valence-electron chi connectivity index (χ1n) is 28.0. The molecule has 5 aliphatic heterocycles. The number of methoxy groups -OCH3 is 3. The molecule has 3 N–H and O–H groups in total. The Morgan fingerprint density at radius 2 is 1.53 bits per heavy atom. The zero-order valence-electron chi connectivity index (χ0n) is 47.5. The molecule has 16 atom stereocenters. The van der Waals surface area contributed by atoms with Crippen molar-refractivity contribution in [1.82, 2.24) is 9.96 Å². The lowest BCUT2D eigenvalue weighted by Gasteiger charge is -2.42. The summed E-state index contributed by atoms with van der Waals surface area (Å²) in [5, 5.41) is 34.7. The monoisotopic (exact) mass is 1050 g/mol. The van der Waals surface area contributed by atoms with Crippen LogP contribution in [0.5, 0.6) is 0 Å². The minimum absolute atomic E-state index is 0.0739. The van der Waals surface area contributed by atoms with Gasteiger partial charge in [-0.1, -0.05) is 85.3 Å². The van der Waals surface area contributed by atoms with Crippen LogP contribution >= 0.6 is 0 Å². The summed E-state index contributed by atoms with van der Waals surface area (Å²) in [7, 11) is 4.65. The first kappa shape index (κ1) is 63.7. The van der Waals surface area contributed by atoms with Gasteiger partial charge in [-0.2, -0.15) is 0 Å². The molecule has 16 nitrogen and oxygen atoms in total. The van der Waals surface area contributed by atoms with E-state index in [4.69, 9.17) is 28.5 Å². The highest BCUT2D eigenvalue weighted by atomic mass is 16.7. The van der Waals surface area contributed by atoms with Crippen molar-refractivity contribution < 1.29 is 67.8 Å². The summed E-state index contributed by atoms with van der Waals surface area (Å²) in [5.74, 6) is -7.07. The molecular formula is C59H94N2O14. The number of nitrogens with zero attached hydrogens (tertiary/aromatic N) is 2.